The lowest BCUT2D eigenvalue weighted by atomic mass is 9.99. The van der Waals surface area contributed by atoms with E-state index in [4.69, 9.17) is 9.47 Å². The predicted molar refractivity (Wildman–Crippen MR) is 313 cm³/mol. The van der Waals surface area contributed by atoms with Gasteiger partial charge in [-0.15, -0.1) is 0 Å². The molecule has 0 aliphatic carbocycles. The molecule has 7 unspecified atom stereocenters. The first-order valence-corrected chi connectivity index (χ1v) is 31.5. The summed E-state index contributed by atoms with van der Waals surface area (Å²) in [5, 5.41) is 54.7. The second-order valence-electron chi connectivity index (χ2n) is 21.8. The molecule has 1 aliphatic rings. The summed E-state index contributed by atoms with van der Waals surface area (Å²) in [5.74, 6) is -0.174. The molecule has 7 atom stereocenters. The Balaban J connectivity index is 2.15. The maximum atomic E-state index is 13.1. The van der Waals surface area contributed by atoms with Crippen LogP contribution in [0, 0.1) is 0 Å². The van der Waals surface area contributed by atoms with Crippen LogP contribution >= 0.6 is 0 Å². The van der Waals surface area contributed by atoms with E-state index in [9.17, 15) is 30.3 Å². The van der Waals surface area contributed by atoms with E-state index in [1.165, 1.54) is 186 Å². The fraction of sp³-hybridized carbons (Fsp3) is 0.831. The molecule has 0 aromatic rings. The minimum Gasteiger partial charge on any atom is -0.394 e. The minimum atomic E-state index is -1.56. The lowest BCUT2D eigenvalue weighted by molar-refractivity contribution is -0.302. The van der Waals surface area contributed by atoms with Gasteiger partial charge in [0.2, 0.25) is 5.91 Å². The monoisotopic (exact) mass is 1040 g/mol. The van der Waals surface area contributed by atoms with Crippen molar-refractivity contribution in [3.8, 4) is 0 Å². The molecular formula is C65H119NO8. The van der Waals surface area contributed by atoms with Crippen LogP contribution in [-0.4, -0.2) is 87.5 Å². The third-order valence-electron chi connectivity index (χ3n) is 14.9. The Hall–Kier alpha value is -2.11. The van der Waals surface area contributed by atoms with E-state index in [0.717, 1.165) is 77.0 Å². The first kappa shape index (κ1) is 69.9. The van der Waals surface area contributed by atoms with Crippen LogP contribution in [0.3, 0.4) is 0 Å². The highest BCUT2D eigenvalue weighted by atomic mass is 16.7. The zero-order valence-corrected chi connectivity index (χ0v) is 48.1. The summed E-state index contributed by atoms with van der Waals surface area (Å²) < 4.78 is 11.3. The molecule has 1 heterocycles. The Bertz CT molecular complexity index is 1350. The van der Waals surface area contributed by atoms with Crippen molar-refractivity contribution in [2.75, 3.05) is 13.2 Å². The summed E-state index contributed by atoms with van der Waals surface area (Å²) in [4.78, 5) is 13.1. The summed E-state index contributed by atoms with van der Waals surface area (Å²) in [6.07, 6.45) is 67.1. The highest BCUT2D eigenvalue weighted by Crippen LogP contribution is 2.23. The van der Waals surface area contributed by atoms with Crippen LogP contribution in [0.15, 0.2) is 60.8 Å². The van der Waals surface area contributed by atoms with Gasteiger partial charge in [-0.05, 0) is 57.8 Å². The van der Waals surface area contributed by atoms with Gasteiger partial charge in [0, 0.05) is 6.42 Å². The number of carbonyl (C=O) groups is 1. The van der Waals surface area contributed by atoms with Crippen molar-refractivity contribution in [1.82, 2.24) is 5.32 Å². The van der Waals surface area contributed by atoms with E-state index in [2.05, 4.69) is 79.9 Å². The molecule has 1 aliphatic heterocycles. The molecule has 0 radical (unpaired) electrons. The third kappa shape index (κ3) is 42.9. The first-order valence-electron chi connectivity index (χ1n) is 31.5. The van der Waals surface area contributed by atoms with Crippen LogP contribution in [0.25, 0.3) is 0 Å². The van der Waals surface area contributed by atoms with Crippen LogP contribution in [-0.2, 0) is 14.3 Å². The molecule has 1 amide bonds. The maximum Gasteiger partial charge on any atom is 0.220 e. The van der Waals surface area contributed by atoms with Crippen molar-refractivity contribution in [1.29, 1.82) is 0 Å². The number of rotatable bonds is 54. The molecule has 1 saturated heterocycles. The van der Waals surface area contributed by atoms with Gasteiger partial charge in [-0.1, -0.05) is 286 Å². The second kappa shape index (κ2) is 54.3. The van der Waals surface area contributed by atoms with Crippen LogP contribution < -0.4 is 5.32 Å². The van der Waals surface area contributed by atoms with Crippen molar-refractivity contribution in [2.45, 2.75) is 333 Å². The molecule has 1 rings (SSSR count). The molecule has 0 aromatic heterocycles. The normalized spacial score (nSPS) is 19.4. The summed E-state index contributed by atoms with van der Waals surface area (Å²) in [6.45, 7) is 3.73. The molecule has 0 bridgehead atoms. The number of aliphatic hydroxyl groups excluding tert-OH is 5. The van der Waals surface area contributed by atoms with Gasteiger partial charge < -0.3 is 40.3 Å². The number of hydrogen-bond donors (Lipinski definition) is 6. The van der Waals surface area contributed by atoms with Crippen molar-refractivity contribution in [3.05, 3.63) is 60.8 Å². The van der Waals surface area contributed by atoms with E-state index in [1.807, 2.05) is 0 Å². The molecule has 74 heavy (non-hydrogen) atoms. The smallest absolute Gasteiger partial charge is 0.220 e. The van der Waals surface area contributed by atoms with Crippen LogP contribution in [0.2, 0.25) is 0 Å². The van der Waals surface area contributed by atoms with Crippen molar-refractivity contribution in [2.24, 2.45) is 0 Å². The fourth-order valence-corrected chi connectivity index (χ4v) is 9.96. The zero-order chi connectivity index (χ0) is 53.6. The molecule has 9 heteroatoms. The quantitative estimate of drug-likeness (QED) is 0.0261. The predicted octanol–water partition coefficient (Wildman–Crippen LogP) is 16.2. The Morgan fingerprint density at radius 3 is 1.23 bits per heavy atom. The minimum absolute atomic E-state index is 0.153. The van der Waals surface area contributed by atoms with Crippen LogP contribution in [0.1, 0.15) is 290 Å². The van der Waals surface area contributed by atoms with Gasteiger partial charge in [0.05, 0.1) is 25.4 Å². The number of allylic oxidation sites excluding steroid dienone is 10. The Morgan fingerprint density at radius 1 is 0.473 bits per heavy atom. The molecule has 0 aromatic carbocycles. The SMILES string of the molecule is CC/C=C\C/C=C\C/C=C\C/C=C\C/C=C\CCCCCC(=O)NC(COC1OC(CO)C(O)C(O)C1O)C(O)CCCCCCCCCCCCCCCCCCCCCCCCCCCCCCCCCC. The average molecular weight is 1040 g/mol. The molecule has 432 valence electrons. The summed E-state index contributed by atoms with van der Waals surface area (Å²) >= 11 is 0. The topological polar surface area (TPSA) is 149 Å². The van der Waals surface area contributed by atoms with Gasteiger partial charge in [-0.2, -0.15) is 0 Å². The van der Waals surface area contributed by atoms with Gasteiger partial charge in [-0.25, -0.2) is 0 Å². The maximum absolute atomic E-state index is 13.1. The van der Waals surface area contributed by atoms with E-state index in [0.29, 0.717) is 12.8 Å². The summed E-state index contributed by atoms with van der Waals surface area (Å²) in [5.41, 5.74) is 0. The van der Waals surface area contributed by atoms with Gasteiger partial charge in [-0.3, -0.25) is 4.79 Å². The molecule has 9 nitrogen and oxygen atoms in total. The van der Waals surface area contributed by atoms with E-state index in [-0.39, 0.29) is 12.5 Å². The van der Waals surface area contributed by atoms with Gasteiger partial charge in [0.25, 0.3) is 0 Å². The van der Waals surface area contributed by atoms with Gasteiger partial charge in [0.15, 0.2) is 6.29 Å². The zero-order valence-electron chi connectivity index (χ0n) is 48.1. The summed E-state index contributed by atoms with van der Waals surface area (Å²) in [7, 11) is 0. The number of unbranched alkanes of at least 4 members (excludes halogenated alkanes) is 34. The number of ether oxygens (including phenoxy) is 2. The first-order chi connectivity index (χ1) is 36.3. The number of hydrogen-bond acceptors (Lipinski definition) is 8. The van der Waals surface area contributed by atoms with Crippen molar-refractivity contribution < 1.29 is 39.8 Å². The van der Waals surface area contributed by atoms with Crippen LogP contribution in [0.5, 0.6) is 0 Å². The standard InChI is InChI=1S/C65H119NO8/c1-3-5-7-9-11-13-15-17-19-21-23-24-25-26-27-28-29-30-31-32-33-34-35-37-38-40-42-44-46-48-50-52-54-59(68)58(57-73-65-64(72)63(71)62(70)60(56-67)74-65)66-61(69)55-53-51-49-47-45-43-41-39-36-22-20-18-16-14-12-10-8-6-4-2/h6,8,12,14,18,20,36,39,43,45,58-60,62-65,67-68,70-72H,3-5,7,9-11,13,15-17,19,21-35,37-38,40-42,44,46-57H2,1-2H3,(H,66,69)/b8-6-,14-12-,20-18-,39-36-,45-43-. The number of carbonyl (C=O) groups excluding carboxylic acids is 1. The highest BCUT2D eigenvalue weighted by molar-refractivity contribution is 5.76. The van der Waals surface area contributed by atoms with E-state index >= 15 is 0 Å². The molecule has 0 spiro atoms. The second-order valence-corrected chi connectivity index (χ2v) is 21.8. The Kier molecular flexibility index (Phi) is 51.3. The lowest BCUT2D eigenvalue weighted by Crippen LogP contribution is -2.60. The molecule has 1 fully saturated rings. The van der Waals surface area contributed by atoms with Crippen LogP contribution in [0.4, 0.5) is 0 Å². The molecule has 0 saturated carbocycles. The van der Waals surface area contributed by atoms with E-state index < -0.39 is 49.5 Å². The lowest BCUT2D eigenvalue weighted by Gasteiger charge is -2.40. The Morgan fingerprint density at radius 2 is 0.838 bits per heavy atom. The molecular weight excluding hydrogens is 923 g/mol. The number of aliphatic hydroxyl groups is 5. The third-order valence-corrected chi connectivity index (χ3v) is 14.9. The largest absolute Gasteiger partial charge is 0.394 e. The van der Waals surface area contributed by atoms with E-state index in [1.54, 1.807) is 0 Å². The molecule has 6 N–H and O–H groups in total. The highest BCUT2D eigenvalue weighted by Gasteiger charge is 2.44. The fourth-order valence-electron chi connectivity index (χ4n) is 9.96. The summed E-state index contributed by atoms with van der Waals surface area (Å²) in [6, 6.07) is -0.741. The van der Waals surface area contributed by atoms with Gasteiger partial charge in [0.1, 0.15) is 24.4 Å². The number of nitrogens with one attached hydrogen (secondary N) is 1. The average Bonchev–Trinajstić information content (AvgIpc) is 3.40. The van der Waals surface area contributed by atoms with Crippen molar-refractivity contribution in [3.63, 3.8) is 0 Å². The Labute approximate surface area is 456 Å². The van der Waals surface area contributed by atoms with Crippen molar-refractivity contribution >= 4 is 5.91 Å². The van der Waals surface area contributed by atoms with Gasteiger partial charge >= 0.3 is 0 Å². The number of amides is 1.